The quantitative estimate of drug-likeness (QED) is 0.592. The zero-order valence-corrected chi connectivity index (χ0v) is 11.8. The molecule has 0 atom stereocenters. The Morgan fingerprint density at radius 1 is 0.562 bits per heavy atom. The first-order valence-corrected chi connectivity index (χ1v) is 5.15. The maximum atomic E-state index is 2.99. The first-order chi connectivity index (χ1) is 7.50. The van der Waals surface area contributed by atoms with Gasteiger partial charge < -0.3 is 0 Å². The molecule has 3 aliphatic carbocycles. The molecular formula is C15H15Zr. The zero-order chi connectivity index (χ0) is 10.6. The van der Waals surface area contributed by atoms with Gasteiger partial charge in [-0.25, -0.2) is 36.5 Å². The van der Waals surface area contributed by atoms with E-state index >= 15 is 0 Å². The number of rotatable bonds is 0. The molecule has 0 aromatic carbocycles. The molecule has 0 unspecified atom stereocenters. The van der Waals surface area contributed by atoms with Gasteiger partial charge in [-0.15, -0.1) is 19.3 Å². The van der Waals surface area contributed by atoms with Crippen molar-refractivity contribution in [2.45, 2.75) is 19.3 Å². The average molecular weight is 287 g/mol. The van der Waals surface area contributed by atoms with Gasteiger partial charge in [0.25, 0.3) is 0 Å². The van der Waals surface area contributed by atoms with Gasteiger partial charge in [-0.2, -0.15) is 18.2 Å². The molecule has 1 radical (unpaired) electrons. The van der Waals surface area contributed by atoms with Crippen LogP contribution in [-0.4, -0.2) is 0 Å². The van der Waals surface area contributed by atoms with E-state index < -0.39 is 0 Å². The normalized spacial score (nSPS) is 16.5. The maximum Gasteiger partial charge on any atom is 3.00 e. The van der Waals surface area contributed by atoms with Crippen molar-refractivity contribution in [1.29, 1.82) is 0 Å². The average Bonchev–Trinajstić information content (AvgIpc) is 3.09. The van der Waals surface area contributed by atoms with Crippen molar-refractivity contribution in [2.24, 2.45) is 0 Å². The molecule has 0 aliphatic heterocycles. The first-order valence-electron chi connectivity index (χ1n) is 5.15. The minimum absolute atomic E-state index is 0. The van der Waals surface area contributed by atoms with E-state index in [4.69, 9.17) is 0 Å². The third-order valence-electron chi connectivity index (χ3n) is 1.76. The van der Waals surface area contributed by atoms with Crippen LogP contribution in [0, 0.1) is 18.2 Å². The minimum atomic E-state index is 0. The molecule has 0 bridgehead atoms. The van der Waals surface area contributed by atoms with E-state index in [-0.39, 0.29) is 26.2 Å². The monoisotopic (exact) mass is 285 g/mol. The predicted molar refractivity (Wildman–Crippen MR) is 64.7 cm³/mol. The van der Waals surface area contributed by atoms with E-state index in [1.54, 1.807) is 0 Å². The van der Waals surface area contributed by atoms with Crippen LogP contribution in [0.5, 0.6) is 0 Å². The molecule has 0 nitrogen and oxygen atoms in total. The number of allylic oxidation sites excluding steroid dienone is 12. The van der Waals surface area contributed by atoms with Crippen LogP contribution in [0.25, 0.3) is 0 Å². The van der Waals surface area contributed by atoms with Crippen molar-refractivity contribution in [3.63, 3.8) is 0 Å². The molecule has 3 aliphatic rings. The Morgan fingerprint density at radius 3 is 0.938 bits per heavy atom. The Balaban J connectivity index is 0.000000205. The minimum Gasteiger partial charge on any atom is -0.273 e. The Hall–Kier alpha value is -0.677. The van der Waals surface area contributed by atoms with Crippen LogP contribution >= 0.6 is 0 Å². The second kappa shape index (κ2) is 12.4. The third-order valence-corrected chi connectivity index (χ3v) is 1.76. The molecule has 3 rings (SSSR count). The summed E-state index contributed by atoms with van der Waals surface area (Å²) in [5.41, 5.74) is 0. The van der Waals surface area contributed by atoms with Gasteiger partial charge in [0.05, 0.1) is 0 Å². The second-order valence-corrected chi connectivity index (χ2v) is 3.01. The van der Waals surface area contributed by atoms with Crippen LogP contribution in [-0.2, 0) is 26.2 Å². The van der Waals surface area contributed by atoms with Gasteiger partial charge in [-0.05, 0) is 0 Å². The fourth-order valence-corrected chi connectivity index (χ4v) is 1.02. The molecule has 0 saturated carbocycles. The van der Waals surface area contributed by atoms with Gasteiger partial charge in [0.1, 0.15) is 0 Å². The van der Waals surface area contributed by atoms with E-state index in [1.165, 1.54) is 0 Å². The van der Waals surface area contributed by atoms with E-state index in [0.29, 0.717) is 0 Å². The van der Waals surface area contributed by atoms with E-state index in [9.17, 15) is 0 Å². The van der Waals surface area contributed by atoms with Gasteiger partial charge >= 0.3 is 26.2 Å². The summed E-state index contributed by atoms with van der Waals surface area (Å²) in [4.78, 5) is 0. The van der Waals surface area contributed by atoms with Crippen LogP contribution in [0.4, 0.5) is 0 Å². The zero-order valence-electron chi connectivity index (χ0n) is 9.32. The van der Waals surface area contributed by atoms with Gasteiger partial charge in [0, 0.05) is 0 Å². The summed E-state index contributed by atoms with van der Waals surface area (Å²) in [6.07, 6.45) is 30.0. The molecule has 0 heterocycles. The van der Waals surface area contributed by atoms with Crippen LogP contribution in [0.15, 0.2) is 54.7 Å². The van der Waals surface area contributed by atoms with Crippen molar-refractivity contribution in [2.75, 3.05) is 0 Å². The van der Waals surface area contributed by atoms with Crippen molar-refractivity contribution in [3.05, 3.63) is 72.9 Å². The van der Waals surface area contributed by atoms with Crippen molar-refractivity contribution in [3.8, 4) is 0 Å². The van der Waals surface area contributed by atoms with Gasteiger partial charge in [0.15, 0.2) is 0 Å². The van der Waals surface area contributed by atoms with Crippen LogP contribution in [0.1, 0.15) is 19.3 Å². The molecule has 0 spiro atoms. The van der Waals surface area contributed by atoms with Crippen molar-refractivity contribution < 1.29 is 26.2 Å². The fraction of sp³-hybridized carbons (Fsp3) is 0.200. The molecule has 1 heteroatoms. The summed E-state index contributed by atoms with van der Waals surface area (Å²) in [5.74, 6) is 0. The van der Waals surface area contributed by atoms with Crippen molar-refractivity contribution in [1.82, 2.24) is 0 Å². The summed E-state index contributed by atoms with van der Waals surface area (Å²) < 4.78 is 0. The van der Waals surface area contributed by atoms with E-state index in [1.807, 2.05) is 36.5 Å². The summed E-state index contributed by atoms with van der Waals surface area (Å²) in [6.45, 7) is 0. The second-order valence-electron chi connectivity index (χ2n) is 3.01. The van der Waals surface area contributed by atoms with Gasteiger partial charge in [0.2, 0.25) is 0 Å². The Labute approximate surface area is 118 Å². The van der Waals surface area contributed by atoms with Crippen LogP contribution in [0.3, 0.4) is 0 Å². The van der Waals surface area contributed by atoms with Crippen LogP contribution < -0.4 is 0 Å². The maximum absolute atomic E-state index is 2.99. The molecule has 79 valence electrons. The fourth-order valence-electron chi connectivity index (χ4n) is 1.02. The topological polar surface area (TPSA) is 0 Å². The Bertz CT molecular complexity index is 232. The number of hydrogen-bond acceptors (Lipinski definition) is 0. The largest absolute Gasteiger partial charge is 3.00 e. The first kappa shape index (κ1) is 15.3. The van der Waals surface area contributed by atoms with E-state index in [2.05, 4.69) is 36.5 Å². The molecule has 0 fully saturated rings. The van der Waals surface area contributed by atoms with Crippen molar-refractivity contribution >= 4 is 0 Å². The SMILES string of the molecule is [C-]1=CC=CC1.[C-]1=CC=CC1.[C-]1=CC=CC1.[Zr+3]. The third kappa shape index (κ3) is 9.86. The smallest absolute Gasteiger partial charge is 0.273 e. The Morgan fingerprint density at radius 2 is 0.875 bits per heavy atom. The summed E-state index contributed by atoms with van der Waals surface area (Å²) in [6, 6.07) is 0. The predicted octanol–water partition coefficient (Wildman–Crippen LogP) is 3.91. The Kier molecular flexibility index (Phi) is 11.9. The molecule has 0 amide bonds. The molecular weight excluding hydrogens is 271 g/mol. The summed E-state index contributed by atoms with van der Waals surface area (Å²) in [7, 11) is 0. The summed E-state index contributed by atoms with van der Waals surface area (Å²) in [5, 5.41) is 0. The van der Waals surface area contributed by atoms with Crippen LogP contribution in [0.2, 0.25) is 0 Å². The molecule has 0 aromatic heterocycles. The van der Waals surface area contributed by atoms with E-state index in [0.717, 1.165) is 19.3 Å². The molecule has 16 heavy (non-hydrogen) atoms. The molecule has 0 aromatic rings. The molecule has 0 saturated heterocycles. The number of hydrogen-bond donors (Lipinski definition) is 0. The van der Waals surface area contributed by atoms with Gasteiger partial charge in [-0.1, -0.05) is 0 Å². The summed E-state index contributed by atoms with van der Waals surface area (Å²) >= 11 is 0. The standard InChI is InChI=1S/3C5H5.Zr/c3*1-2-4-5-3-1;/h3*1-3H,4H2;/q3*-1;+3. The molecule has 0 N–H and O–H groups in total. The van der Waals surface area contributed by atoms with Gasteiger partial charge in [-0.3, -0.25) is 18.2 Å².